The van der Waals surface area contributed by atoms with Gasteiger partial charge in [0.25, 0.3) is 0 Å². The number of rotatable bonds is 4. The second kappa shape index (κ2) is 6.34. The van der Waals surface area contributed by atoms with Crippen LogP contribution in [0.4, 0.5) is 0 Å². The number of allylic oxidation sites excluding steroid dienone is 2. The van der Waals surface area contributed by atoms with Gasteiger partial charge in [-0.2, -0.15) is 0 Å². The molecule has 0 heterocycles. The molecule has 0 radical (unpaired) electrons. The summed E-state index contributed by atoms with van der Waals surface area (Å²) in [6, 6.07) is 17.3. The molecular weight excluding hydrogens is 442 g/mol. The van der Waals surface area contributed by atoms with E-state index in [1.165, 1.54) is 22.3 Å². The van der Waals surface area contributed by atoms with E-state index in [1.54, 1.807) is 0 Å². The van der Waals surface area contributed by atoms with Crippen molar-refractivity contribution in [3.05, 3.63) is 82.9 Å². The fraction of sp³-hybridized carbons (Fsp3) is 0.238. The Balaban J connectivity index is 1.76. The Bertz CT molecular complexity index is 885. The molecule has 0 amide bonds. The fourth-order valence-corrected chi connectivity index (χ4v) is 28.8. The van der Waals surface area contributed by atoms with Crippen molar-refractivity contribution in [2.45, 2.75) is 26.8 Å². The number of benzene rings is 2. The van der Waals surface area contributed by atoms with Gasteiger partial charge in [-0.3, -0.25) is 0 Å². The normalized spacial score (nSPS) is 22.7. The third-order valence-electron chi connectivity index (χ3n) is 6.13. The molecule has 0 saturated carbocycles. The molecule has 2 aliphatic carbocycles. The standard InChI is InChI=1S/C10H9.C9H7.C2H7Si.2ClH.Zr/c1-8-6-7-9-4-2-3-5-10(8)9;1-2-5-9-7-3-6-8(9)4-1;1-3-2;;;/h2-8H,1H2;1-7H;3H,1-2H3;2*1H;/q;;;;;+2/p-2. The number of fused-ring (bicyclic) bond motifs is 2. The molecule has 129 valence electrons. The van der Waals surface area contributed by atoms with E-state index in [9.17, 15) is 0 Å². The van der Waals surface area contributed by atoms with E-state index in [-0.39, 0.29) is 3.63 Å². The van der Waals surface area contributed by atoms with E-state index >= 15 is 0 Å². The summed E-state index contributed by atoms with van der Waals surface area (Å²) >= 11 is -4.01. The minimum atomic E-state index is -4.01. The molecule has 0 aromatic heterocycles. The zero-order chi connectivity index (χ0) is 17.7. The second-order valence-corrected chi connectivity index (χ2v) is 51.6. The van der Waals surface area contributed by atoms with Crippen molar-refractivity contribution >= 4 is 35.1 Å². The van der Waals surface area contributed by atoms with E-state index in [0.29, 0.717) is 5.92 Å². The third-order valence-corrected chi connectivity index (χ3v) is 56.8. The fourth-order valence-electron chi connectivity index (χ4n) is 4.41. The van der Waals surface area contributed by atoms with Crippen LogP contribution in [0.15, 0.2) is 60.7 Å². The van der Waals surface area contributed by atoms with Crippen LogP contribution in [0.3, 0.4) is 0 Å². The molecule has 2 aromatic carbocycles. The van der Waals surface area contributed by atoms with E-state index in [1.807, 2.05) is 0 Å². The summed E-state index contributed by atoms with van der Waals surface area (Å²) in [7, 11) is 15.3. The summed E-state index contributed by atoms with van der Waals surface area (Å²) in [4.78, 5) is 0. The maximum atomic E-state index is 7.66. The van der Waals surface area contributed by atoms with Gasteiger partial charge in [-0.15, -0.1) is 0 Å². The Labute approximate surface area is 159 Å². The van der Waals surface area contributed by atoms with Crippen LogP contribution in [0.1, 0.15) is 31.8 Å². The molecule has 0 aliphatic heterocycles. The zero-order valence-electron chi connectivity index (χ0n) is 14.6. The molecule has 25 heavy (non-hydrogen) atoms. The van der Waals surface area contributed by atoms with Crippen LogP contribution in [0.25, 0.3) is 12.2 Å². The van der Waals surface area contributed by atoms with Gasteiger partial charge in [0.1, 0.15) is 0 Å². The molecule has 0 N–H and O–H groups in total. The van der Waals surface area contributed by atoms with Crippen molar-refractivity contribution in [3.8, 4) is 0 Å². The van der Waals surface area contributed by atoms with Crippen LogP contribution in [-0.2, 0) is 15.6 Å². The average Bonchev–Trinajstić information content (AvgIpc) is 3.20. The van der Waals surface area contributed by atoms with E-state index in [0.717, 1.165) is 4.13 Å². The molecule has 0 saturated heterocycles. The van der Waals surface area contributed by atoms with Crippen molar-refractivity contribution in [3.63, 3.8) is 0 Å². The van der Waals surface area contributed by atoms with Crippen molar-refractivity contribution in [1.29, 1.82) is 0 Å². The monoisotopic (exact) mass is 463 g/mol. The predicted molar refractivity (Wildman–Crippen MR) is 112 cm³/mol. The summed E-state index contributed by atoms with van der Waals surface area (Å²) in [5.41, 5.74) is 5.38. The van der Waals surface area contributed by atoms with Crippen LogP contribution >= 0.6 is 17.0 Å². The molecule has 0 nitrogen and oxygen atoms in total. The van der Waals surface area contributed by atoms with Gasteiger partial charge in [-0.25, -0.2) is 0 Å². The van der Waals surface area contributed by atoms with Crippen molar-refractivity contribution < 1.29 is 15.6 Å². The molecule has 4 heteroatoms. The first-order chi connectivity index (χ1) is 11.9. The molecule has 2 atom stereocenters. The van der Waals surface area contributed by atoms with Gasteiger partial charge in [0, 0.05) is 0 Å². The SMILES string of the molecule is C[SiH](C)[Zr]([Cl])([Cl])([CH2]C1C=Cc2ccccc21)[CH]1C=Cc2ccccc21. The molecule has 0 spiro atoms. The minimum absolute atomic E-state index is 0.258. The summed E-state index contributed by atoms with van der Waals surface area (Å²) in [6.45, 7) is 4.73. The van der Waals surface area contributed by atoms with Crippen molar-refractivity contribution in [2.24, 2.45) is 0 Å². The summed E-state index contributed by atoms with van der Waals surface area (Å²) < 4.78 is 1.22. The molecule has 4 rings (SSSR count). The average molecular weight is 466 g/mol. The second-order valence-electron chi connectivity index (χ2n) is 7.77. The van der Waals surface area contributed by atoms with Crippen LogP contribution in [-0.4, -0.2) is 5.92 Å². The number of halogens is 2. The van der Waals surface area contributed by atoms with Gasteiger partial charge in [-0.1, -0.05) is 0 Å². The van der Waals surface area contributed by atoms with E-state index in [2.05, 4.69) is 85.9 Å². The molecule has 2 aliphatic rings. The van der Waals surface area contributed by atoms with Gasteiger partial charge in [0.2, 0.25) is 0 Å². The first-order valence-electron chi connectivity index (χ1n) is 9.01. The Kier molecular flexibility index (Phi) is 4.56. The number of hydrogen-bond acceptors (Lipinski definition) is 0. The Morgan fingerprint density at radius 1 is 0.840 bits per heavy atom. The van der Waals surface area contributed by atoms with Gasteiger partial charge in [-0.05, 0) is 0 Å². The van der Waals surface area contributed by atoms with Crippen LogP contribution in [0.5, 0.6) is 0 Å². The third kappa shape index (κ3) is 2.90. The summed E-state index contributed by atoms with van der Waals surface area (Å²) in [5, 5.41) is 0. The Hall–Kier alpha value is -0.400. The molecule has 2 aromatic rings. The van der Waals surface area contributed by atoms with Crippen LogP contribution in [0.2, 0.25) is 17.2 Å². The van der Waals surface area contributed by atoms with E-state index in [4.69, 9.17) is 17.0 Å². The Morgan fingerprint density at radius 3 is 2.08 bits per heavy atom. The van der Waals surface area contributed by atoms with Gasteiger partial charge < -0.3 is 0 Å². The van der Waals surface area contributed by atoms with Crippen molar-refractivity contribution in [1.82, 2.24) is 0 Å². The maximum absolute atomic E-state index is 7.66. The Morgan fingerprint density at radius 2 is 1.40 bits per heavy atom. The van der Waals surface area contributed by atoms with E-state index < -0.39 is 21.5 Å². The first-order valence-corrected chi connectivity index (χ1v) is 25.6. The molecular formula is C21H23Cl2SiZr. The van der Waals surface area contributed by atoms with Gasteiger partial charge in [0.05, 0.1) is 0 Å². The molecule has 0 fully saturated rings. The summed E-state index contributed by atoms with van der Waals surface area (Å²) in [5.74, 6) is -0.874. The topological polar surface area (TPSA) is 0 Å². The van der Waals surface area contributed by atoms with Crippen LogP contribution < -0.4 is 0 Å². The van der Waals surface area contributed by atoms with Gasteiger partial charge >= 0.3 is 160 Å². The number of hydrogen-bond donors (Lipinski definition) is 0. The first kappa shape index (κ1) is 18.0. The molecule has 2 unspecified atom stereocenters. The van der Waals surface area contributed by atoms with Crippen molar-refractivity contribution in [2.75, 3.05) is 0 Å². The zero-order valence-corrected chi connectivity index (χ0v) is 19.7. The van der Waals surface area contributed by atoms with Gasteiger partial charge in [0.15, 0.2) is 0 Å². The van der Waals surface area contributed by atoms with Crippen LogP contribution in [0, 0.1) is 0 Å². The predicted octanol–water partition coefficient (Wildman–Crippen LogP) is 6.96. The summed E-state index contributed by atoms with van der Waals surface area (Å²) in [6.07, 6.45) is 9.11. The quantitative estimate of drug-likeness (QED) is 0.428. The molecule has 0 bridgehead atoms.